The predicted octanol–water partition coefficient (Wildman–Crippen LogP) is 2.24. The molecule has 2 aromatic rings. The molecule has 1 fully saturated rings. The number of nitrogens with zero attached hydrogens (tertiary/aromatic N) is 2. The van der Waals surface area contributed by atoms with E-state index < -0.39 is 11.7 Å². The first-order valence-corrected chi connectivity index (χ1v) is 9.02. The van der Waals surface area contributed by atoms with Gasteiger partial charge in [0, 0.05) is 37.4 Å². The summed E-state index contributed by atoms with van der Waals surface area (Å²) >= 11 is 0. The van der Waals surface area contributed by atoms with Crippen LogP contribution in [0, 0.1) is 0 Å². The van der Waals surface area contributed by atoms with Gasteiger partial charge in [0.25, 0.3) is 11.7 Å². The molecule has 0 spiro atoms. The molecule has 0 saturated carbocycles. The minimum absolute atomic E-state index is 0.213. The highest BCUT2D eigenvalue weighted by molar-refractivity contribution is 6.42. The van der Waals surface area contributed by atoms with E-state index >= 15 is 0 Å². The van der Waals surface area contributed by atoms with E-state index in [-0.39, 0.29) is 5.56 Å². The van der Waals surface area contributed by atoms with Gasteiger partial charge in [0.2, 0.25) is 5.75 Å². The number of anilines is 1. The van der Waals surface area contributed by atoms with Crippen LogP contribution in [0.25, 0.3) is 0 Å². The number of hydrogen-bond donors (Lipinski definition) is 0. The van der Waals surface area contributed by atoms with Crippen LogP contribution < -0.4 is 19.1 Å². The number of ketones is 1. The van der Waals surface area contributed by atoms with Crippen molar-refractivity contribution >= 4 is 17.4 Å². The smallest absolute Gasteiger partial charge is 0.295 e. The Morgan fingerprint density at radius 2 is 1.39 bits per heavy atom. The van der Waals surface area contributed by atoms with E-state index in [1.165, 1.54) is 33.5 Å². The van der Waals surface area contributed by atoms with E-state index in [1.54, 1.807) is 4.90 Å². The van der Waals surface area contributed by atoms with E-state index in [1.807, 2.05) is 30.3 Å². The molecule has 1 saturated heterocycles. The maximum absolute atomic E-state index is 12.8. The second-order valence-corrected chi connectivity index (χ2v) is 6.36. The standard InChI is InChI=1S/C21H24N2O5/c1-26-17-13-15(14-18(27-2)20(17)28-3)19(24)21(25)23-11-9-22(10-12-23)16-7-5-4-6-8-16/h4-8,13-14H,9-12H2,1-3H3. The van der Waals surface area contributed by atoms with Gasteiger partial charge < -0.3 is 24.0 Å². The predicted molar refractivity (Wildman–Crippen MR) is 106 cm³/mol. The van der Waals surface area contributed by atoms with Crippen LogP contribution >= 0.6 is 0 Å². The lowest BCUT2D eigenvalue weighted by Crippen LogP contribution is -2.50. The highest BCUT2D eigenvalue weighted by atomic mass is 16.5. The Hall–Kier alpha value is -3.22. The van der Waals surface area contributed by atoms with E-state index in [0.717, 1.165) is 5.69 Å². The zero-order valence-electron chi connectivity index (χ0n) is 16.3. The fourth-order valence-corrected chi connectivity index (χ4v) is 3.29. The highest BCUT2D eigenvalue weighted by Crippen LogP contribution is 2.38. The average Bonchev–Trinajstić information content (AvgIpc) is 2.77. The third kappa shape index (κ3) is 3.88. The molecule has 0 radical (unpaired) electrons. The lowest BCUT2D eigenvalue weighted by molar-refractivity contribution is -0.126. The quantitative estimate of drug-likeness (QED) is 0.562. The SMILES string of the molecule is COc1cc(C(=O)C(=O)N2CCN(c3ccccc3)CC2)cc(OC)c1OC. The summed E-state index contributed by atoms with van der Waals surface area (Å²) in [5.74, 6) is -0.0568. The third-order valence-corrected chi connectivity index (χ3v) is 4.81. The second kappa shape index (κ2) is 8.65. The topological polar surface area (TPSA) is 68.3 Å². The van der Waals surface area contributed by atoms with Crippen LogP contribution in [0.4, 0.5) is 5.69 Å². The molecule has 3 rings (SSSR count). The van der Waals surface area contributed by atoms with Crippen LogP contribution in [0.1, 0.15) is 10.4 Å². The Labute approximate surface area is 164 Å². The van der Waals surface area contributed by atoms with Gasteiger partial charge in [-0.15, -0.1) is 0 Å². The van der Waals surface area contributed by atoms with Crippen LogP contribution in [0.3, 0.4) is 0 Å². The Morgan fingerprint density at radius 1 is 0.821 bits per heavy atom. The summed E-state index contributed by atoms with van der Waals surface area (Å²) in [4.78, 5) is 29.3. The van der Waals surface area contributed by atoms with Crippen molar-refractivity contribution in [2.45, 2.75) is 0 Å². The summed E-state index contributed by atoms with van der Waals surface area (Å²) in [6, 6.07) is 13.0. The summed E-state index contributed by atoms with van der Waals surface area (Å²) in [7, 11) is 4.42. The summed E-state index contributed by atoms with van der Waals surface area (Å²) < 4.78 is 15.8. The lowest BCUT2D eigenvalue weighted by Gasteiger charge is -2.35. The zero-order chi connectivity index (χ0) is 20.1. The number of amides is 1. The van der Waals surface area contributed by atoms with Crippen molar-refractivity contribution in [1.82, 2.24) is 4.90 Å². The Morgan fingerprint density at radius 3 is 1.89 bits per heavy atom. The molecule has 7 nitrogen and oxygen atoms in total. The zero-order valence-corrected chi connectivity index (χ0v) is 16.3. The first kappa shape index (κ1) is 19.5. The number of para-hydroxylation sites is 1. The Bertz CT molecular complexity index is 820. The Balaban J connectivity index is 1.72. The van der Waals surface area contributed by atoms with Gasteiger partial charge in [-0.1, -0.05) is 18.2 Å². The Kier molecular flexibility index (Phi) is 6.03. The van der Waals surface area contributed by atoms with Gasteiger partial charge in [0.15, 0.2) is 11.5 Å². The molecule has 0 aliphatic carbocycles. The van der Waals surface area contributed by atoms with Gasteiger partial charge in [-0.3, -0.25) is 9.59 Å². The monoisotopic (exact) mass is 384 g/mol. The number of ether oxygens (including phenoxy) is 3. The number of Topliss-reactive ketones (excluding diaryl/α,β-unsaturated/α-hetero) is 1. The lowest BCUT2D eigenvalue weighted by atomic mass is 10.1. The molecule has 1 aliphatic heterocycles. The number of benzene rings is 2. The number of carbonyl (C=O) groups is 2. The van der Waals surface area contributed by atoms with Gasteiger partial charge in [-0.05, 0) is 24.3 Å². The highest BCUT2D eigenvalue weighted by Gasteiger charge is 2.28. The van der Waals surface area contributed by atoms with Crippen LogP contribution in [0.15, 0.2) is 42.5 Å². The first-order chi connectivity index (χ1) is 13.6. The third-order valence-electron chi connectivity index (χ3n) is 4.81. The summed E-state index contributed by atoms with van der Waals surface area (Å²) in [6.07, 6.45) is 0. The molecule has 7 heteroatoms. The summed E-state index contributed by atoms with van der Waals surface area (Å²) in [5, 5.41) is 0. The van der Waals surface area contributed by atoms with Crippen molar-refractivity contribution in [3.05, 3.63) is 48.0 Å². The van der Waals surface area contributed by atoms with Crippen LogP contribution in [-0.4, -0.2) is 64.1 Å². The van der Waals surface area contributed by atoms with E-state index in [2.05, 4.69) is 4.90 Å². The molecule has 148 valence electrons. The number of methoxy groups -OCH3 is 3. The molecular weight excluding hydrogens is 360 g/mol. The second-order valence-electron chi connectivity index (χ2n) is 6.36. The van der Waals surface area contributed by atoms with Crippen molar-refractivity contribution in [3.8, 4) is 17.2 Å². The van der Waals surface area contributed by atoms with Crippen LogP contribution in [0.2, 0.25) is 0 Å². The minimum Gasteiger partial charge on any atom is -0.493 e. The van der Waals surface area contributed by atoms with Gasteiger partial charge in [0.05, 0.1) is 21.3 Å². The van der Waals surface area contributed by atoms with E-state index in [9.17, 15) is 9.59 Å². The molecule has 1 amide bonds. The van der Waals surface area contributed by atoms with E-state index in [4.69, 9.17) is 14.2 Å². The normalized spacial score (nSPS) is 13.8. The molecule has 0 N–H and O–H groups in total. The van der Waals surface area contributed by atoms with Gasteiger partial charge >= 0.3 is 0 Å². The minimum atomic E-state index is -0.590. The summed E-state index contributed by atoms with van der Waals surface area (Å²) in [6.45, 7) is 2.34. The van der Waals surface area contributed by atoms with Crippen LogP contribution in [-0.2, 0) is 4.79 Å². The molecule has 2 aromatic carbocycles. The fraction of sp³-hybridized carbons (Fsp3) is 0.333. The number of piperazine rings is 1. The molecule has 0 atom stereocenters. The molecule has 28 heavy (non-hydrogen) atoms. The van der Waals surface area contributed by atoms with Crippen molar-refractivity contribution in [1.29, 1.82) is 0 Å². The largest absolute Gasteiger partial charge is 0.493 e. The van der Waals surface area contributed by atoms with Crippen molar-refractivity contribution < 1.29 is 23.8 Å². The van der Waals surface area contributed by atoms with Gasteiger partial charge in [-0.25, -0.2) is 0 Å². The summed E-state index contributed by atoms with van der Waals surface area (Å²) in [5.41, 5.74) is 1.33. The van der Waals surface area contributed by atoms with Gasteiger partial charge in [0.1, 0.15) is 0 Å². The van der Waals surface area contributed by atoms with Crippen LogP contribution in [0.5, 0.6) is 17.2 Å². The molecule has 1 heterocycles. The molecule has 0 bridgehead atoms. The molecule has 1 aliphatic rings. The molecule has 0 unspecified atom stereocenters. The number of rotatable bonds is 6. The fourth-order valence-electron chi connectivity index (χ4n) is 3.29. The van der Waals surface area contributed by atoms with Crippen molar-refractivity contribution in [3.63, 3.8) is 0 Å². The van der Waals surface area contributed by atoms with Crippen molar-refractivity contribution in [2.75, 3.05) is 52.4 Å². The van der Waals surface area contributed by atoms with Crippen molar-refractivity contribution in [2.24, 2.45) is 0 Å². The van der Waals surface area contributed by atoms with Gasteiger partial charge in [-0.2, -0.15) is 0 Å². The first-order valence-electron chi connectivity index (χ1n) is 9.02. The maximum Gasteiger partial charge on any atom is 0.295 e. The maximum atomic E-state index is 12.8. The molecular formula is C21H24N2O5. The molecule has 0 aromatic heterocycles. The van der Waals surface area contributed by atoms with E-state index in [0.29, 0.717) is 43.4 Å². The average molecular weight is 384 g/mol. The number of hydrogen-bond acceptors (Lipinski definition) is 6. The number of carbonyl (C=O) groups excluding carboxylic acids is 2.